The number of piperazine rings is 1. The molecule has 0 bridgehead atoms. The summed E-state index contributed by atoms with van der Waals surface area (Å²) in [4.78, 5) is 8.54. The summed E-state index contributed by atoms with van der Waals surface area (Å²) >= 11 is 0. The first-order valence-electron chi connectivity index (χ1n) is 6.50. The molecule has 0 unspecified atom stereocenters. The highest BCUT2D eigenvalue weighted by Crippen LogP contribution is 2.14. The number of rotatable bonds is 4. The second-order valence-electron chi connectivity index (χ2n) is 4.95. The van der Waals surface area contributed by atoms with Crippen LogP contribution in [0.5, 0.6) is 0 Å². The molecule has 0 amide bonds. The van der Waals surface area contributed by atoms with Crippen molar-refractivity contribution in [2.45, 2.75) is 0 Å². The van der Waals surface area contributed by atoms with Crippen LogP contribution in [-0.2, 0) is 9.84 Å². The Labute approximate surface area is 119 Å². The van der Waals surface area contributed by atoms with Crippen LogP contribution in [0.15, 0.2) is 18.2 Å². The van der Waals surface area contributed by atoms with E-state index in [1.54, 1.807) is 6.07 Å². The molecule has 0 aromatic carbocycles. The highest BCUT2D eigenvalue weighted by molar-refractivity contribution is 7.90. The van der Waals surface area contributed by atoms with Gasteiger partial charge in [0.2, 0.25) is 0 Å². The average Bonchev–Trinajstić information content (AvgIpc) is 2.45. The third-order valence-electron chi connectivity index (χ3n) is 3.32. The molecule has 1 aliphatic heterocycles. The number of pyridine rings is 1. The fraction of sp³-hybridized carbons (Fsp3) is 0.538. The van der Waals surface area contributed by atoms with Gasteiger partial charge in [0.25, 0.3) is 0 Å². The minimum Gasteiger partial charge on any atom is -0.354 e. The summed E-state index contributed by atoms with van der Waals surface area (Å²) in [6.07, 6.45) is 1.26. The molecular weight excluding hydrogens is 276 g/mol. The van der Waals surface area contributed by atoms with Gasteiger partial charge in [0.15, 0.2) is 0 Å². The van der Waals surface area contributed by atoms with Crippen molar-refractivity contribution in [2.75, 3.05) is 49.6 Å². The van der Waals surface area contributed by atoms with Gasteiger partial charge in [0.05, 0.1) is 5.75 Å². The van der Waals surface area contributed by atoms with Crippen LogP contribution >= 0.6 is 0 Å². The van der Waals surface area contributed by atoms with Crippen molar-refractivity contribution in [1.29, 1.82) is 5.26 Å². The fourth-order valence-corrected chi connectivity index (χ4v) is 2.75. The number of anilines is 1. The van der Waals surface area contributed by atoms with Crippen molar-refractivity contribution in [1.82, 2.24) is 9.88 Å². The maximum absolute atomic E-state index is 11.2. The fourth-order valence-electron chi connectivity index (χ4n) is 2.16. The number of hydrogen-bond donors (Lipinski definition) is 0. The third kappa shape index (κ3) is 4.18. The van der Waals surface area contributed by atoms with E-state index in [1.807, 2.05) is 18.2 Å². The Morgan fingerprint density at radius 2 is 2.00 bits per heavy atom. The summed E-state index contributed by atoms with van der Waals surface area (Å²) in [5, 5.41) is 8.85. The number of aromatic nitrogens is 1. The molecule has 0 N–H and O–H groups in total. The molecule has 1 aromatic heterocycles. The molecule has 2 rings (SSSR count). The van der Waals surface area contributed by atoms with Gasteiger partial charge in [-0.1, -0.05) is 6.07 Å². The molecule has 1 aliphatic rings. The van der Waals surface area contributed by atoms with Gasteiger partial charge in [0.1, 0.15) is 27.4 Å². The lowest BCUT2D eigenvalue weighted by molar-refractivity contribution is 0.271. The normalized spacial score (nSPS) is 16.9. The highest BCUT2D eigenvalue weighted by atomic mass is 32.2. The lowest BCUT2D eigenvalue weighted by Gasteiger charge is -2.35. The first kappa shape index (κ1) is 14.8. The SMILES string of the molecule is CS(=O)(=O)CCN1CCN(c2cccc(C#N)n2)CC1. The molecule has 1 saturated heterocycles. The molecule has 108 valence electrons. The minimum atomic E-state index is -2.90. The van der Waals surface area contributed by atoms with E-state index < -0.39 is 9.84 Å². The van der Waals surface area contributed by atoms with E-state index >= 15 is 0 Å². The Bertz CT molecular complexity index is 601. The predicted octanol–water partition coefficient (Wildman–Crippen LogP) is 0.120. The topological polar surface area (TPSA) is 77.3 Å². The molecule has 1 fully saturated rings. The Hall–Kier alpha value is -1.65. The smallest absolute Gasteiger partial charge is 0.148 e. The van der Waals surface area contributed by atoms with Crippen molar-refractivity contribution in [3.8, 4) is 6.07 Å². The summed E-state index contributed by atoms with van der Waals surface area (Å²) in [6.45, 7) is 3.80. The summed E-state index contributed by atoms with van der Waals surface area (Å²) in [6, 6.07) is 7.45. The van der Waals surface area contributed by atoms with Crippen LogP contribution in [0.3, 0.4) is 0 Å². The van der Waals surface area contributed by atoms with E-state index in [2.05, 4.69) is 14.8 Å². The van der Waals surface area contributed by atoms with E-state index in [0.717, 1.165) is 32.0 Å². The maximum Gasteiger partial charge on any atom is 0.148 e. The van der Waals surface area contributed by atoms with Crippen LogP contribution in [0.25, 0.3) is 0 Å². The summed E-state index contributed by atoms with van der Waals surface area (Å²) in [5.41, 5.74) is 0.419. The van der Waals surface area contributed by atoms with Crippen LogP contribution in [0.2, 0.25) is 0 Å². The van der Waals surface area contributed by atoms with Crippen molar-refractivity contribution in [3.05, 3.63) is 23.9 Å². The third-order valence-corrected chi connectivity index (χ3v) is 4.25. The number of nitrogens with zero attached hydrogens (tertiary/aromatic N) is 4. The second-order valence-corrected chi connectivity index (χ2v) is 7.21. The zero-order valence-electron chi connectivity index (χ0n) is 11.5. The Kier molecular flexibility index (Phi) is 4.57. The van der Waals surface area contributed by atoms with Gasteiger partial charge in [-0.15, -0.1) is 0 Å². The van der Waals surface area contributed by atoms with Crippen molar-refractivity contribution < 1.29 is 8.42 Å². The van der Waals surface area contributed by atoms with Crippen LogP contribution in [-0.4, -0.2) is 63.0 Å². The molecule has 1 aromatic rings. The number of nitriles is 1. The molecule has 0 aliphatic carbocycles. The first-order valence-corrected chi connectivity index (χ1v) is 8.56. The summed E-state index contributed by atoms with van der Waals surface area (Å²) in [7, 11) is -2.90. The van der Waals surface area contributed by atoms with Gasteiger partial charge in [-0.2, -0.15) is 5.26 Å². The predicted molar refractivity (Wildman–Crippen MR) is 77.3 cm³/mol. The molecule has 6 nitrogen and oxygen atoms in total. The Balaban J connectivity index is 1.89. The lowest BCUT2D eigenvalue weighted by atomic mass is 10.3. The van der Waals surface area contributed by atoms with E-state index in [-0.39, 0.29) is 5.75 Å². The zero-order valence-corrected chi connectivity index (χ0v) is 12.3. The molecule has 2 heterocycles. The van der Waals surface area contributed by atoms with E-state index in [9.17, 15) is 8.42 Å². The largest absolute Gasteiger partial charge is 0.354 e. The molecule has 0 atom stereocenters. The second kappa shape index (κ2) is 6.20. The Morgan fingerprint density at radius 3 is 2.60 bits per heavy atom. The molecule has 0 spiro atoms. The highest BCUT2D eigenvalue weighted by Gasteiger charge is 2.19. The minimum absolute atomic E-state index is 0.204. The average molecular weight is 294 g/mol. The van der Waals surface area contributed by atoms with E-state index in [0.29, 0.717) is 12.2 Å². The van der Waals surface area contributed by atoms with Crippen LogP contribution in [0.1, 0.15) is 5.69 Å². The lowest BCUT2D eigenvalue weighted by Crippen LogP contribution is -2.47. The summed E-state index contributed by atoms with van der Waals surface area (Å²) in [5.74, 6) is 1.02. The van der Waals surface area contributed by atoms with Crippen molar-refractivity contribution in [3.63, 3.8) is 0 Å². The van der Waals surface area contributed by atoms with Gasteiger partial charge in [0, 0.05) is 39.0 Å². The van der Waals surface area contributed by atoms with Crippen molar-refractivity contribution in [2.24, 2.45) is 0 Å². The first-order chi connectivity index (χ1) is 9.48. The van der Waals surface area contributed by atoms with Crippen LogP contribution in [0, 0.1) is 11.3 Å². The molecule has 20 heavy (non-hydrogen) atoms. The standard InChI is InChI=1S/C13H18N4O2S/c1-20(18,19)10-9-16-5-7-17(8-6-16)13-4-2-3-12(11-14)15-13/h2-4H,5-10H2,1H3. The Morgan fingerprint density at radius 1 is 1.30 bits per heavy atom. The van der Waals surface area contributed by atoms with Gasteiger partial charge in [-0.05, 0) is 12.1 Å². The van der Waals surface area contributed by atoms with Crippen LogP contribution in [0.4, 0.5) is 5.82 Å². The van der Waals surface area contributed by atoms with Crippen molar-refractivity contribution >= 4 is 15.7 Å². The van der Waals surface area contributed by atoms with Crippen LogP contribution < -0.4 is 4.90 Å². The molecule has 0 radical (unpaired) electrons. The number of sulfone groups is 1. The van der Waals surface area contributed by atoms with Gasteiger partial charge in [-0.25, -0.2) is 13.4 Å². The monoisotopic (exact) mass is 294 g/mol. The van der Waals surface area contributed by atoms with Gasteiger partial charge >= 0.3 is 0 Å². The molecule has 0 saturated carbocycles. The quantitative estimate of drug-likeness (QED) is 0.785. The summed E-state index contributed by atoms with van der Waals surface area (Å²) < 4.78 is 22.3. The maximum atomic E-state index is 11.2. The van der Waals surface area contributed by atoms with Gasteiger partial charge in [-0.3, -0.25) is 4.90 Å². The number of hydrogen-bond acceptors (Lipinski definition) is 6. The van der Waals surface area contributed by atoms with E-state index in [4.69, 9.17) is 5.26 Å². The van der Waals surface area contributed by atoms with Gasteiger partial charge < -0.3 is 4.90 Å². The van der Waals surface area contributed by atoms with E-state index in [1.165, 1.54) is 6.26 Å². The zero-order chi connectivity index (χ0) is 14.6. The molecule has 7 heteroatoms. The molecular formula is C13H18N4O2S.